The summed E-state index contributed by atoms with van der Waals surface area (Å²) in [6, 6.07) is 8.24. The van der Waals surface area contributed by atoms with Gasteiger partial charge >= 0.3 is 0 Å². The first kappa shape index (κ1) is 12.3. The first-order chi connectivity index (χ1) is 8.74. The molecule has 1 heterocycles. The fourth-order valence-corrected chi connectivity index (χ4v) is 1.80. The van der Waals surface area contributed by atoms with Crippen LogP contribution in [-0.4, -0.2) is 34.3 Å². The van der Waals surface area contributed by atoms with Crippen molar-refractivity contribution in [2.45, 2.75) is 12.3 Å². The van der Waals surface area contributed by atoms with Crippen LogP contribution in [0.4, 0.5) is 0 Å². The van der Waals surface area contributed by atoms with Crippen molar-refractivity contribution in [2.24, 2.45) is 0 Å². The highest BCUT2D eigenvalue weighted by atomic mass is 16.3. The summed E-state index contributed by atoms with van der Waals surface area (Å²) >= 11 is 0. The third-order valence-electron chi connectivity index (χ3n) is 2.77. The molecule has 0 aliphatic carbocycles. The van der Waals surface area contributed by atoms with Gasteiger partial charge in [-0.25, -0.2) is 0 Å². The number of hydrogen-bond acceptors (Lipinski definition) is 4. The minimum absolute atomic E-state index is 0.373. The second-order valence-electron chi connectivity index (χ2n) is 3.93. The molecule has 2 unspecified atom stereocenters. The molecule has 18 heavy (non-hydrogen) atoms. The third kappa shape index (κ3) is 2.38. The zero-order valence-corrected chi connectivity index (χ0v) is 9.73. The van der Waals surface area contributed by atoms with Crippen molar-refractivity contribution in [1.29, 1.82) is 5.41 Å². The van der Waals surface area contributed by atoms with Crippen molar-refractivity contribution >= 4 is 12.0 Å². The summed E-state index contributed by atoms with van der Waals surface area (Å²) in [6.45, 7) is 0. The molecule has 2 atom stereocenters. The van der Waals surface area contributed by atoms with Gasteiger partial charge in [-0.1, -0.05) is 42.5 Å². The van der Waals surface area contributed by atoms with E-state index in [1.165, 1.54) is 11.1 Å². The van der Waals surface area contributed by atoms with Gasteiger partial charge in [0.25, 0.3) is 0 Å². The van der Waals surface area contributed by atoms with Gasteiger partial charge in [-0.3, -0.25) is 4.79 Å². The van der Waals surface area contributed by atoms with Gasteiger partial charge in [-0.15, -0.1) is 0 Å². The van der Waals surface area contributed by atoms with E-state index in [4.69, 9.17) is 5.41 Å². The van der Waals surface area contributed by atoms with Crippen molar-refractivity contribution < 1.29 is 9.90 Å². The van der Waals surface area contributed by atoms with Crippen molar-refractivity contribution in [3.05, 3.63) is 60.3 Å². The number of Topliss-reactive ketones (excluding diaryl/α,β-unsaturated/α-hetero) is 1. The van der Waals surface area contributed by atoms with Gasteiger partial charge in [0.05, 0.1) is 6.04 Å². The van der Waals surface area contributed by atoms with Crippen LogP contribution in [-0.2, 0) is 0 Å². The van der Waals surface area contributed by atoms with Gasteiger partial charge in [0.1, 0.15) is 0 Å². The summed E-state index contributed by atoms with van der Waals surface area (Å²) < 4.78 is 0. The second kappa shape index (κ2) is 5.42. The molecule has 0 bridgehead atoms. The van der Waals surface area contributed by atoms with Crippen LogP contribution in [0.15, 0.2) is 54.8 Å². The molecule has 1 aliphatic heterocycles. The van der Waals surface area contributed by atoms with Crippen molar-refractivity contribution in [2.75, 3.05) is 0 Å². The Labute approximate surface area is 105 Å². The van der Waals surface area contributed by atoms with E-state index in [1.807, 2.05) is 6.07 Å². The van der Waals surface area contributed by atoms with Crippen LogP contribution < -0.4 is 0 Å². The number of nitrogens with zero attached hydrogens (tertiary/aromatic N) is 1. The van der Waals surface area contributed by atoms with Gasteiger partial charge in [-0.2, -0.15) is 0 Å². The van der Waals surface area contributed by atoms with Gasteiger partial charge in [0.15, 0.2) is 6.23 Å². The predicted octanol–water partition coefficient (Wildman–Crippen LogP) is 1.59. The molecule has 0 spiro atoms. The molecular formula is C14H14N2O2. The highest BCUT2D eigenvalue weighted by Gasteiger charge is 2.26. The summed E-state index contributed by atoms with van der Waals surface area (Å²) in [6.07, 6.45) is 6.77. The number of hydrogen-bond donors (Lipinski definition) is 2. The van der Waals surface area contributed by atoms with Crippen LogP contribution in [0.5, 0.6) is 0 Å². The van der Waals surface area contributed by atoms with Gasteiger partial charge in [0.2, 0.25) is 5.78 Å². The Morgan fingerprint density at radius 2 is 2.06 bits per heavy atom. The van der Waals surface area contributed by atoms with E-state index in [0.717, 1.165) is 0 Å². The lowest BCUT2D eigenvalue weighted by Gasteiger charge is -2.31. The van der Waals surface area contributed by atoms with E-state index >= 15 is 0 Å². The van der Waals surface area contributed by atoms with Crippen molar-refractivity contribution in [1.82, 2.24) is 4.90 Å². The lowest BCUT2D eigenvalue weighted by Crippen LogP contribution is -2.44. The number of ketones is 1. The molecule has 0 radical (unpaired) electrons. The van der Waals surface area contributed by atoms with Crippen LogP contribution in [0, 0.1) is 5.41 Å². The van der Waals surface area contributed by atoms with E-state index in [0.29, 0.717) is 5.56 Å². The number of aliphatic hydroxyl groups excluding tert-OH is 1. The van der Waals surface area contributed by atoms with E-state index in [2.05, 4.69) is 0 Å². The molecule has 92 valence electrons. The molecule has 2 N–H and O–H groups in total. The molecule has 2 rings (SSSR count). The van der Waals surface area contributed by atoms with Crippen LogP contribution in [0.1, 0.15) is 10.4 Å². The zero-order valence-electron chi connectivity index (χ0n) is 9.73. The molecule has 0 saturated carbocycles. The number of benzene rings is 1. The van der Waals surface area contributed by atoms with Gasteiger partial charge in [0, 0.05) is 18.0 Å². The summed E-state index contributed by atoms with van der Waals surface area (Å²) in [7, 11) is 0. The van der Waals surface area contributed by atoms with Crippen LogP contribution in [0.25, 0.3) is 0 Å². The largest absolute Gasteiger partial charge is 0.367 e. The highest BCUT2D eigenvalue weighted by Crippen LogP contribution is 2.14. The monoisotopic (exact) mass is 242 g/mol. The number of carbonyl (C=O) groups excluding carboxylic acids is 1. The Balaban J connectivity index is 2.19. The molecule has 0 amide bonds. The summed E-state index contributed by atoms with van der Waals surface area (Å²) in [4.78, 5) is 13.5. The molecule has 1 aliphatic rings. The van der Waals surface area contributed by atoms with E-state index in [-0.39, 0.29) is 5.78 Å². The maximum absolute atomic E-state index is 12.1. The molecule has 4 nitrogen and oxygen atoms in total. The minimum Gasteiger partial charge on any atom is -0.367 e. The Kier molecular flexibility index (Phi) is 3.69. The van der Waals surface area contributed by atoms with Crippen molar-refractivity contribution in [3.8, 4) is 0 Å². The third-order valence-corrected chi connectivity index (χ3v) is 2.77. The average molecular weight is 242 g/mol. The Hall–Kier alpha value is -2.20. The SMILES string of the molecule is N=CC1C=CC=CN1C(O)C(=O)c1ccccc1. The normalized spacial score (nSPS) is 19.6. The second-order valence-corrected chi connectivity index (χ2v) is 3.93. The fourth-order valence-electron chi connectivity index (χ4n) is 1.80. The van der Waals surface area contributed by atoms with E-state index in [9.17, 15) is 9.90 Å². The maximum Gasteiger partial charge on any atom is 0.212 e. The van der Waals surface area contributed by atoms with Crippen LogP contribution in [0.2, 0.25) is 0 Å². The zero-order chi connectivity index (χ0) is 13.0. The fraction of sp³-hybridized carbons (Fsp3) is 0.143. The Morgan fingerprint density at radius 3 is 2.72 bits per heavy atom. The van der Waals surface area contributed by atoms with E-state index < -0.39 is 12.3 Å². The number of rotatable bonds is 4. The predicted molar refractivity (Wildman–Crippen MR) is 69.5 cm³/mol. The molecule has 1 aromatic carbocycles. The summed E-state index contributed by atoms with van der Waals surface area (Å²) in [5, 5.41) is 17.4. The summed E-state index contributed by atoms with van der Waals surface area (Å²) in [5.74, 6) is -0.373. The molecule has 4 heteroatoms. The van der Waals surface area contributed by atoms with Gasteiger partial charge < -0.3 is 15.4 Å². The van der Waals surface area contributed by atoms with Crippen LogP contribution >= 0.6 is 0 Å². The topological polar surface area (TPSA) is 64.4 Å². The van der Waals surface area contributed by atoms with Gasteiger partial charge in [-0.05, 0) is 6.08 Å². The highest BCUT2D eigenvalue weighted by molar-refractivity contribution is 5.99. The standard InChI is InChI=1S/C14H14N2O2/c15-10-12-8-4-5-9-16(12)14(18)13(17)11-6-2-1-3-7-11/h1-10,12,14-15,18H. The number of carbonyl (C=O) groups is 1. The molecule has 0 fully saturated rings. The molecule has 0 saturated heterocycles. The van der Waals surface area contributed by atoms with Crippen molar-refractivity contribution in [3.63, 3.8) is 0 Å². The lowest BCUT2D eigenvalue weighted by atomic mass is 10.1. The Morgan fingerprint density at radius 1 is 1.33 bits per heavy atom. The smallest absolute Gasteiger partial charge is 0.212 e. The number of aliphatic hydroxyl groups is 1. The maximum atomic E-state index is 12.1. The molecule has 0 aromatic heterocycles. The quantitative estimate of drug-likeness (QED) is 0.622. The lowest BCUT2D eigenvalue weighted by molar-refractivity contribution is 0.0297. The van der Waals surface area contributed by atoms with E-state index in [1.54, 1.807) is 48.7 Å². The molecular weight excluding hydrogens is 228 g/mol. The number of allylic oxidation sites excluding steroid dienone is 2. The summed E-state index contributed by atoms with van der Waals surface area (Å²) in [5.41, 5.74) is 0.455. The number of nitrogens with one attached hydrogen (secondary N) is 1. The Bertz CT molecular complexity index is 494. The minimum atomic E-state index is -1.28. The first-order valence-corrected chi connectivity index (χ1v) is 5.64. The van der Waals surface area contributed by atoms with Crippen LogP contribution in [0.3, 0.4) is 0 Å². The first-order valence-electron chi connectivity index (χ1n) is 5.64. The molecule has 1 aromatic rings. The average Bonchev–Trinajstić information content (AvgIpc) is 2.46.